The summed E-state index contributed by atoms with van der Waals surface area (Å²) in [6.07, 6.45) is 1.49. The van der Waals surface area contributed by atoms with E-state index in [1.807, 2.05) is 0 Å². The Bertz CT molecular complexity index is 1310. The van der Waals surface area contributed by atoms with Gasteiger partial charge >= 0.3 is 6.18 Å². The van der Waals surface area contributed by atoms with Gasteiger partial charge in [-0.05, 0) is 25.1 Å². The van der Waals surface area contributed by atoms with E-state index in [2.05, 4.69) is 30.2 Å². The molecule has 0 aliphatic rings. The molecule has 0 aliphatic heterocycles. The Morgan fingerprint density at radius 1 is 1.03 bits per heavy atom. The van der Waals surface area contributed by atoms with Crippen molar-refractivity contribution in [2.75, 3.05) is 5.32 Å². The topological polar surface area (TPSA) is 96.5 Å². The fraction of sp³-hybridized carbons (Fsp3) is 0.150. The largest absolute Gasteiger partial charge is 0.416 e. The summed E-state index contributed by atoms with van der Waals surface area (Å²) >= 11 is 6.03. The number of hydrogen-bond acceptors (Lipinski definition) is 6. The van der Waals surface area contributed by atoms with Gasteiger partial charge in [0.15, 0.2) is 5.82 Å². The first kappa shape index (κ1) is 20.7. The van der Waals surface area contributed by atoms with Crippen LogP contribution in [0.4, 0.5) is 18.9 Å². The number of hydrogen-bond donors (Lipinski definition) is 2. The smallest absolute Gasteiger partial charge is 0.376 e. The van der Waals surface area contributed by atoms with Crippen LogP contribution in [0.15, 0.2) is 53.8 Å². The minimum absolute atomic E-state index is 0.0997. The average Bonchev–Trinajstić information content (AvgIpc) is 2.74. The molecular weight excluding hydrogens is 433 g/mol. The fourth-order valence-corrected chi connectivity index (χ4v) is 3.42. The van der Waals surface area contributed by atoms with E-state index in [0.29, 0.717) is 17.2 Å². The molecule has 0 bridgehead atoms. The second-order valence-electron chi connectivity index (χ2n) is 6.65. The Morgan fingerprint density at radius 2 is 1.74 bits per heavy atom. The quantitative estimate of drug-likeness (QED) is 0.475. The third kappa shape index (κ3) is 4.19. The Morgan fingerprint density at radius 3 is 2.45 bits per heavy atom. The van der Waals surface area contributed by atoms with Gasteiger partial charge in [0.1, 0.15) is 5.69 Å². The molecule has 11 heteroatoms. The van der Waals surface area contributed by atoms with Crippen molar-refractivity contribution in [2.24, 2.45) is 0 Å². The van der Waals surface area contributed by atoms with Crippen LogP contribution in [0.3, 0.4) is 0 Å². The zero-order valence-electron chi connectivity index (χ0n) is 15.9. The predicted molar refractivity (Wildman–Crippen MR) is 110 cm³/mol. The van der Waals surface area contributed by atoms with E-state index in [-0.39, 0.29) is 21.6 Å². The predicted octanol–water partition coefficient (Wildman–Crippen LogP) is 4.62. The molecule has 2 N–H and O–H groups in total. The van der Waals surface area contributed by atoms with Crippen LogP contribution in [0.1, 0.15) is 24.2 Å². The number of nitrogens with one attached hydrogen (secondary N) is 2. The molecule has 0 fully saturated rings. The molecule has 0 spiro atoms. The molecule has 1 unspecified atom stereocenters. The number of halogens is 4. The van der Waals surface area contributed by atoms with Crippen LogP contribution >= 0.6 is 11.6 Å². The molecule has 158 valence electrons. The molecule has 0 saturated carbocycles. The lowest BCUT2D eigenvalue weighted by Crippen LogP contribution is -2.15. The van der Waals surface area contributed by atoms with E-state index in [1.165, 1.54) is 18.5 Å². The first-order valence-corrected chi connectivity index (χ1v) is 9.40. The summed E-state index contributed by atoms with van der Waals surface area (Å²) in [4.78, 5) is 31.6. The average molecular weight is 447 g/mol. The monoisotopic (exact) mass is 446 g/mol. The van der Waals surface area contributed by atoms with Gasteiger partial charge in [0, 0.05) is 41.9 Å². The maximum absolute atomic E-state index is 13.3. The number of aromatic amines is 1. The van der Waals surface area contributed by atoms with Gasteiger partial charge in [0.05, 0.1) is 27.8 Å². The van der Waals surface area contributed by atoms with E-state index in [0.717, 1.165) is 12.1 Å². The van der Waals surface area contributed by atoms with Crippen molar-refractivity contribution in [3.05, 3.63) is 75.7 Å². The third-order valence-corrected chi connectivity index (χ3v) is 4.82. The number of anilines is 1. The van der Waals surface area contributed by atoms with Gasteiger partial charge in [-0.2, -0.15) is 13.2 Å². The zero-order valence-corrected chi connectivity index (χ0v) is 16.7. The number of nitrogens with zero attached hydrogens (tertiary/aromatic N) is 4. The van der Waals surface area contributed by atoms with E-state index >= 15 is 0 Å². The molecule has 4 rings (SSSR count). The second-order valence-corrected chi connectivity index (χ2v) is 7.06. The number of aromatic nitrogens is 5. The lowest BCUT2D eigenvalue weighted by Gasteiger charge is -2.19. The molecule has 0 radical (unpaired) electrons. The molecular formula is C20H14ClF3N6O. The van der Waals surface area contributed by atoms with Crippen molar-refractivity contribution in [1.29, 1.82) is 0 Å². The summed E-state index contributed by atoms with van der Waals surface area (Å²) < 4.78 is 39.9. The summed E-state index contributed by atoms with van der Waals surface area (Å²) in [6, 6.07) is 3.99. The van der Waals surface area contributed by atoms with Crippen molar-refractivity contribution in [3.63, 3.8) is 0 Å². The van der Waals surface area contributed by atoms with Crippen molar-refractivity contribution < 1.29 is 13.2 Å². The van der Waals surface area contributed by atoms with Gasteiger partial charge in [-0.15, -0.1) is 0 Å². The van der Waals surface area contributed by atoms with Crippen LogP contribution in [0.5, 0.6) is 0 Å². The number of fused-ring (bicyclic) bond motifs is 1. The Kier molecular flexibility index (Phi) is 5.32. The van der Waals surface area contributed by atoms with E-state index < -0.39 is 23.3 Å². The standard InChI is InChI=1S/C20H14ClF3N6O/c1-10(16-18(26-6-5-25-16)19-27-3-2-4-28-19)29-14-9-15(31)30-17-12(14)7-11(8-13(17)21)20(22,23)24/h2-10H,1H3,(H2,29,30,31). The molecule has 0 saturated heterocycles. The van der Waals surface area contributed by atoms with Gasteiger partial charge in [0.2, 0.25) is 0 Å². The lowest BCUT2D eigenvalue weighted by molar-refractivity contribution is -0.137. The van der Waals surface area contributed by atoms with Gasteiger partial charge in [-0.1, -0.05) is 11.6 Å². The number of benzene rings is 1. The van der Waals surface area contributed by atoms with Gasteiger partial charge < -0.3 is 10.3 Å². The number of rotatable bonds is 4. The molecule has 31 heavy (non-hydrogen) atoms. The number of pyridine rings is 1. The van der Waals surface area contributed by atoms with Crippen LogP contribution < -0.4 is 10.9 Å². The first-order chi connectivity index (χ1) is 14.7. The highest BCUT2D eigenvalue weighted by Crippen LogP contribution is 2.37. The second kappa shape index (κ2) is 7.95. The van der Waals surface area contributed by atoms with Crippen LogP contribution in [0.25, 0.3) is 22.4 Å². The summed E-state index contributed by atoms with van der Waals surface area (Å²) in [5.74, 6) is 0.345. The van der Waals surface area contributed by atoms with Crippen molar-refractivity contribution in [2.45, 2.75) is 19.1 Å². The highest BCUT2D eigenvalue weighted by atomic mass is 35.5. The SMILES string of the molecule is CC(Nc1cc(=O)[nH]c2c(Cl)cc(C(F)(F)F)cc12)c1nccnc1-c1ncccn1. The summed E-state index contributed by atoms with van der Waals surface area (Å²) in [5.41, 5.74) is -0.306. The maximum atomic E-state index is 13.3. The molecule has 7 nitrogen and oxygen atoms in total. The highest BCUT2D eigenvalue weighted by molar-refractivity contribution is 6.35. The maximum Gasteiger partial charge on any atom is 0.416 e. The van der Waals surface area contributed by atoms with E-state index in [4.69, 9.17) is 11.6 Å². The van der Waals surface area contributed by atoms with Crippen LogP contribution in [0.2, 0.25) is 5.02 Å². The van der Waals surface area contributed by atoms with Crippen LogP contribution in [0, 0.1) is 0 Å². The normalized spacial score (nSPS) is 12.7. The fourth-order valence-electron chi connectivity index (χ4n) is 3.16. The highest BCUT2D eigenvalue weighted by Gasteiger charge is 2.32. The Balaban J connectivity index is 1.81. The van der Waals surface area contributed by atoms with Crippen LogP contribution in [-0.2, 0) is 6.18 Å². The molecule has 3 aromatic heterocycles. The van der Waals surface area contributed by atoms with E-state index in [9.17, 15) is 18.0 Å². The minimum atomic E-state index is -4.60. The van der Waals surface area contributed by atoms with E-state index in [1.54, 1.807) is 25.4 Å². The molecule has 1 aromatic carbocycles. The van der Waals surface area contributed by atoms with Gasteiger partial charge in [-0.25, -0.2) is 15.0 Å². The zero-order chi connectivity index (χ0) is 22.2. The number of H-pyrrole nitrogens is 1. The Hall–Kier alpha value is -3.53. The first-order valence-electron chi connectivity index (χ1n) is 9.02. The minimum Gasteiger partial charge on any atom is -0.376 e. The van der Waals surface area contributed by atoms with Gasteiger partial charge in [-0.3, -0.25) is 9.78 Å². The van der Waals surface area contributed by atoms with Crippen molar-refractivity contribution in [3.8, 4) is 11.5 Å². The van der Waals surface area contributed by atoms with Crippen molar-refractivity contribution >= 4 is 28.2 Å². The third-order valence-electron chi connectivity index (χ3n) is 4.52. The molecule has 4 aromatic rings. The summed E-state index contributed by atoms with van der Waals surface area (Å²) in [7, 11) is 0. The van der Waals surface area contributed by atoms with Crippen LogP contribution in [-0.4, -0.2) is 24.9 Å². The molecule has 1 atom stereocenters. The summed E-state index contributed by atoms with van der Waals surface area (Å²) in [6.45, 7) is 1.73. The number of alkyl halides is 3. The molecule has 3 heterocycles. The Labute approximate surface area is 178 Å². The van der Waals surface area contributed by atoms with Crippen molar-refractivity contribution in [1.82, 2.24) is 24.9 Å². The lowest BCUT2D eigenvalue weighted by atomic mass is 10.1. The molecule has 0 aliphatic carbocycles. The summed E-state index contributed by atoms with van der Waals surface area (Å²) in [5, 5.41) is 2.96. The van der Waals surface area contributed by atoms with Gasteiger partial charge in [0.25, 0.3) is 5.56 Å². The molecule has 0 amide bonds.